The van der Waals surface area contributed by atoms with E-state index in [1.54, 1.807) is 24.3 Å². The maximum atomic E-state index is 11.7. The van der Waals surface area contributed by atoms with Crippen LogP contribution in [0, 0.1) is 0 Å². The van der Waals surface area contributed by atoms with Gasteiger partial charge >= 0.3 is 5.97 Å². The highest BCUT2D eigenvalue weighted by molar-refractivity contribution is 5.94. The summed E-state index contributed by atoms with van der Waals surface area (Å²) in [6.45, 7) is 3.04. The molecule has 2 N–H and O–H groups in total. The average Bonchev–Trinajstić information content (AvgIpc) is 2.41. The Labute approximate surface area is 112 Å². The number of nitrogens with one attached hydrogen (secondary N) is 1. The fourth-order valence-corrected chi connectivity index (χ4v) is 1.47. The summed E-state index contributed by atoms with van der Waals surface area (Å²) in [5, 5.41) is 11.1. The van der Waals surface area contributed by atoms with Crippen LogP contribution in [0.5, 0.6) is 5.75 Å². The van der Waals surface area contributed by atoms with Crippen LogP contribution in [0.3, 0.4) is 0 Å². The number of hydrogen-bond donors (Lipinski definition) is 2. The molecule has 104 valence electrons. The van der Waals surface area contributed by atoms with E-state index >= 15 is 0 Å². The van der Waals surface area contributed by atoms with E-state index in [9.17, 15) is 9.59 Å². The van der Waals surface area contributed by atoms with Crippen molar-refractivity contribution in [2.45, 2.75) is 26.2 Å². The van der Waals surface area contributed by atoms with Crippen LogP contribution in [0.4, 0.5) is 0 Å². The van der Waals surface area contributed by atoms with Crippen molar-refractivity contribution in [1.82, 2.24) is 5.32 Å². The zero-order valence-electron chi connectivity index (χ0n) is 11.0. The molecule has 0 atom stereocenters. The molecule has 0 aromatic heterocycles. The third kappa shape index (κ3) is 5.90. The van der Waals surface area contributed by atoms with Gasteiger partial charge in [0.15, 0.2) is 0 Å². The minimum atomic E-state index is -0.855. The minimum Gasteiger partial charge on any atom is -0.494 e. The van der Waals surface area contributed by atoms with E-state index < -0.39 is 5.97 Å². The number of carboxylic acids is 1. The predicted molar refractivity (Wildman–Crippen MR) is 71.4 cm³/mol. The fraction of sp³-hybridized carbons (Fsp3) is 0.429. The Balaban J connectivity index is 2.37. The Bertz CT molecular complexity index is 414. The van der Waals surface area contributed by atoms with Crippen molar-refractivity contribution in [2.75, 3.05) is 13.2 Å². The van der Waals surface area contributed by atoms with Gasteiger partial charge in [0, 0.05) is 18.5 Å². The maximum Gasteiger partial charge on any atom is 0.303 e. The first kappa shape index (κ1) is 15.0. The van der Waals surface area contributed by atoms with Crippen LogP contribution in [0.15, 0.2) is 24.3 Å². The van der Waals surface area contributed by atoms with Crippen molar-refractivity contribution >= 4 is 11.9 Å². The minimum absolute atomic E-state index is 0.0596. The molecule has 0 bridgehead atoms. The molecule has 5 nitrogen and oxygen atoms in total. The molecule has 0 radical (unpaired) electrons. The van der Waals surface area contributed by atoms with Crippen molar-refractivity contribution in [3.8, 4) is 5.75 Å². The molecule has 0 heterocycles. The van der Waals surface area contributed by atoms with Gasteiger partial charge in [-0.2, -0.15) is 0 Å². The Morgan fingerprint density at radius 1 is 1.26 bits per heavy atom. The molecular formula is C14H19NO4. The number of aliphatic carboxylic acids is 1. The van der Waals surface area contributed by atoms with Crippen LogP contribution < -0.4 is 10.1 Å². The molecule has 0 aliphatic heterocycles. The average molecular weight is 265 g/mol. The van der Waals surface area contributed by atoms with Gasteiger partial charge < -0.3 is 15.2 Å². The van der Waals surface area contributed by atoms with Gasteiger partial charge in [0.05, 0.1) is 6.61 Å². The molecule has 1 aromatic carbocycles. The highest BCUT2D eigenvalue weighted by Crippen LogP contribution is 2.12. The van der Waals surface area contributed by atoms with E-state index in [0.717, 1.165) is 12.2 Å². The predicted octanol–water partition coefficient (Wildman–Crippen LogP) is 2.07. The van der Waals surface area contributed by atoms with Gasteiger partial charge in [-0.25, -0.2) is 0 Å². The summed E-state index contributed by atoms with van der Waals surface area (Å²) in [4.78, 5) is 22.0. The van der Waals surface area contributed by atoms with Crippen LogP contribution in [0.25, 0.3) is 0 Å². The van der Waals surface area contributed by atoms with Crippen molar-refractivity contribution in [3.05, 3.63) is 29.8 Å². The topological polar surface area (TPSA) is 75.6 Å². The number of benzene rings is 1. The van der Waals surface area contributed by atoms with Crippen LogP contribution in [-0.2, 0) is 4.79 Å². The number of carbonyl (C=O) groups is 2. The van der Waals surface area contributed by atoms with Gasteiger partial charge in [-0.15, -0.1) is 0 Å². The number of rotatable bonds is 8. The van der Waals surface area contributed by atoms with E-state index in [1.165, 1.54) is 0 Å². The van der Waals surface area contributed by atoms with E-state index in [4.69, 9.17) is 9.84 Å². The summed E-state index contributed by atoms with van der Waals surface area (Å²) in [6.07, 6.45) is 1.43. The molecular weight excluding hydrogens is 246 g/mol. The van der Waals surface area contributed by atoms with Crippen molar-refractivity contribution in [3.63, 3.8) is 0 Å². The second-order valence-electron chi connectivity index (χ2n) is 4.13. The monoisotopic (exact) mass is 265 g/mol. The van der Waals surface area contributed by atoms with Crippen molar-refractivity contribution in [2.24, 2.45) is 0 Å². The molecule has 0 aliphatic rings. The van der Waals surface area contributed by atoms with Crippen LogP contribution in [0.2, 0.25) is 0 Å². The summed E-state index contributed by atoms with van der Waals surface area (Å²) < 4.78 is 5.42. The smallest absolute Gasteiger partial charge is 0.303 e. The Morgan fingerprint density at radius 3 is 2.53 bits per heavy atom. The molecule has 1 aromatic rings. The summed E-state index contributed by atoms with van der Waals surface area (Å²) >= 11 is 0. The van der Waals surface area contributed by atoms with E-state index in [0.29, 0.717) is 25.1 Å². The first-order chi connectivity index (χ1) is 9.13. The largest absolute Gasteiger partial charge is 0.494 e. The van der Waals surface area contributed by atoms with E-state index in [1.807, 2.05) is 6.92 Å². The summed E-state index contributed by atoms with van der Waals surface area (Å²) in [6, 6.07) is 6.89. The van der Waals surface area contributed by atoms with Crippen LogP contribution in [0.1, 0.15) is 36.5 Å². The van der Waals surface area contributed by atoms with Gasteiger partial charge in [-0.1, -0.05) is 6.92 Å². The second-order valence-corrected chi connectivity index (χ2v) is 4.13. The van der Waals surface area contributed by atoms with Gasteiger partial charge in [-0.05, 0) is 37.1 Å². The molecule has 0 spiro atoms. The summed E-state index contributed by atoms with van der Waals surface area (Å²) in [5.41, 5.74) is 0.541. The quantitative estimate of drug-likeness (QED) is 0.705. The Morgan fingerprint density at radius 2 is 1.95 bits per heavy atom. The summed E-state index contributed by atoms with van der Waals surface area (Å²) in [7, 11) is 0. The Hall–Kier alpha value is -2.04. The van der Waals surface area contributed by atoms with E-state index in [-0.39, 0.29) is 12.3 Å². The number of hydrogen-bond acceptors (Lipinski definition) is 3. The zero-order valence-corrected chi connectivity index (χ0v) is 11.0. The Kier molecular flexibility index (Phi) is 6.43. The van der Waals surface area contributed by atoms with E-state index in [2.05, 4.69) is 5.32 Å². The molecule has 1 rings (SSSR count). The first-order valence-corrected chi connectivity index (χ1v) is 6.36. The molecule has 0 aliphatic carbocycles. The normalized spacial score (nSPS) is 9.95. The SMILES string of the molecule is CCCOc1ccc(C(=O)NCCCC(=O)O)cc1. The molecule has 0 fully saturated rings. The fourth-order valence-electron chi connectivity index (χ4n) is 1.47. The van der Waals surface area contributed by atoms with Gasteiger partial charge in [-0.3, -0.25) is 9.59 Å². The second kappa shape index (κ2) is 8.13. The van der Waals surface area contributed by atoms with Gasteiger partial charge in [0.1, 0.15) is 5.75 Å². The van der Waals surface area contributed by atoms with Gasteiger partial charge in [0.2, 0.25) is 0 Å². The molecule has 5 heteroatoms. The molecule has 1 amide bonds. The zero-order chi connectivity index (χ0) is 14.1. The van der Waals surface area contributed by atoms with Crippen LogP contribution in [-0.4, -0.2) is 30.1 Å². The molecule has 0 unspecified atom stereocenters. The number of carboxylic acid groups (broad SMARTS) is 1. The summed E-state index contributed by atoms with van der Waals surface area (Å²) in [5.74, 6) is -0.316. The molecule has 0 saturated heterocycles. The standard InChI is InChI=1S/C14H19NO4/c1-2-10-19-12-7-5-11(6-8-12)14(18)15-9-3-4-13(16)17/h5-8H,2-4,9-10H2,1H3,(H,15,18)(H,16,17). The molecule has 19 heavy (non-hydrogen) atoms. The number of ether oxygens (including phenoxy) is 1. The lowest BCUT2D eigenvalue weighted by molar-refractivity contribution is -0.137. The lowest BCUT2D eigenvalue weighted by Crippen LogP contribution is -2.24. The third-order valence-electron chi connectivity index (χ3n) is 2.44. The van der Waals surface area contributed by atoms with Gasteiger partial charge in [0.25, 0.3) is 5.91 Å². The number of carbonyl (C=O) groups excluding carboxylic acids is 1. The van der Waals surface area contributed by atoms with Crippen LogP contribution >= 0.6 is 0 Å². The highest BCUT2D eigenvalue weighted by Gasteiger charge is 2.05. The molecule has 0 saturated carbocycles. The third-order valence-corrected chi connectivity index (χ3v) is 2.44. The number of amides is 1. The maximum absolute atomic E-state index is 11.7. The lowest BCUT2D eigenvalue weighted by Gasteiger charge is -2.06. The van der Waals surface area contributed by atoms with Crippen molar-refractivity contribution in [1.29, 1.82) is 0 Å². The first-order valence-electron chi connectivity index (χ1n) is 6.36. The van der Waals surface area contributed by atoms with Crippen molar-refractivity contribution < 1.29 is 19.4 Å². The lowest BCUT2D eigenvalue weighted by atomic mass is 10.2. The highest BCUT2D eigenvalue weighted by atomic mass is 16.5.